The quantitative estimate of drug-likeness (QED) is 0.0195. The van der Waals surface area contributed by atoms with E-state index < -0.39 is 67.4 Å². The first-order chi connectivity index (χ1) is 40.7. The van der Waals surface area contributed by atoms with Crippen LogP contribution in [0.1, 0.15) is 258 Å². The van der Waals surface area contributed by atoms with Crippen LogP contribution < -0.4 is 5.32 Å². The summed E-state index contributed by atoms with van der Waals surface area (Å²) in [5.41, 5.74) is 0. The fraction of sp³-hybridized carbons (Fsp3) is 0.694. The number of allylic oxidation sites excluding steroid dienone is 19. The van der Waals surface area contributed by atoms with Gasteiger partial charge in [0.2, 0.25) is 5.91 Å². The first-order valence-corrected chi connectivity index (χ1v) is 33.3. The average molecular weight is 1160 g/mol. The zero-order valence-electron chi connectivity index (χ0n) is 52.5. The van der Waals surface area contributed by atoms with Gasteiger partial charge in [0.1, 0.15) is 24.4 Å². The van der Waals surface area contributed by atoms with Crippen molar-refractivity contribution in [3.05, 3.63) is 122 Å². The summed E-state index contributed by atoms with van der Waals surface area (Å²) in [5.74, 6) is -1.24. The summed E-state index contributed by atoms with van der Waals surface area (Å²) in [6, 6.07) is -1.05. The van der Waals surface area contributed by atoms with E-state index in [4.69, 9.17) is 14.2 Å². The van der Waals surface area contributed by atoms with E-state index in [1.807, 2.05) is 6.08 Å². The maximum absolute atomic E-state index is 13.5. The molecule has 0 aromatic carbocycles. The number of rotatable bonds is 55. The van der Waals surface area contributed by atoms with Crippen molar-refractivity contribution in [2.75, 3.05) is 13.2 Å². The van der Waals surface area contributed by atoms with Gasteiger partial charge in [0.25, 0.3) is 0 Å². The Bertz CT molecular complexity index is 1810. The molecule has 1 aliphatic rings. The van der Waals surface area contributed by atoms with Crippen LogP contribution in [0.15, 0.2) is 122 Å². The number of unbranched alkanes of at least 4 members (excludes halogenated alkanes) is 23. The fourth-order valence-electron chi connectivity index (χ4n) is 9.60. The van der Waals surface area contributed by atoms with Crippen LogP contribution in [0.4, 0.5) is 0 Å². The molecule has 0 aliphatic carbocycles. The van der Waals surface area contributed by atoms with E-state index in [1.165, 1.54) is 77.0 Å². The molecule has 0 aromatic heterocycles. The molecule has 1 rings (SSSR count). The molecule has 474 valence electrons. The molecule has 11 nitrogen and oxygen atoms in total. The molecule has 0 aromatic rings. The number of carbonyl (C=O) groups excluding carboxylic acids is 2. The van der Waals surface area contributed by atoms with E-state index in [-0.39, 0.29) is 19.4 Å². The summed E-state index contributed by atoms with van der Waals surface area (Å²) < 4.78 is 17.6. The third kappa shape index (κ3) is 46.0. The van der Waals surface area contributed by atoms with Gasteiger partial charge in [0.15, 0.2) is 12.4 Å². The van der Waals surface area contributed by atoms with Gasteiger partial charge in [-0.2, -0.15) is 0 Å². The normalized spacial score (nSPS) is 19.3. The number of hydrogen-bond acceptors (Lipinski definition) is 10. The molecule has 1 aliphatic heterocycles. The van der Waals surface area contributed by atoms with E-state index >= 15 is 0 Å². The Morgan fingerprint density at radius 2 is 0.867 bits per heavy atom. The molecule has 8 unspecified atom stereocenters. The van der Waals surface area contributed by atoms with Crippen molar-refractivity contribution in [2.24, 2.45) is 0 Å². The van der Waals surface area contributed by atoms with Gasteiger partial charge in [-0.25, -0.2) is 0 Å². The number of aliphatic hydroxyl groups excluding tert-OH is 5. The molecule has 0 radical (unpaired) electrons. The predicted molar refractivity (Wildman–Crippen MR) is 347 cm³/mol. The Kier molecular flexibility index (Phi) is 54.3. The van der Waals surface area contributed by atoms with E-state index in [0.29, 0.717) is 12.8 Å². The van der Waals surface area contributed by atoms with E-state index in [0.717, 1.165) is 135 Å². The largest absolute Gasteiger partial charge is 0.454 e. The molecule has 83 heavy (non-hydrogen) atoms. The first kappa shape index (κ1) is 77.1. The Labute approximate surface area is 506 Å². The lowest BCUT2D eigenvalue weighted by Gasteiger charge is -2.41. The maximum atomic E-state index is 13.5. The molecule has 0 bridgehead atoms. The van der Waals surface area contributed by atoms with Crippen molar-refractivity contribution in [3.63, 3.8) is 0 Å². The molecule has 1 fully saturated rings. The van der Waals surface area contributed by atoms with E-state index in [9.17, 15) is 35.1 Å². The summed E-state index contributed by atoms with van der Waals surface area (Å²) in [6.07, 6.45) is 70.8. The second-order valence-corrected chi connectivity index (χ2v) is 22.5. The first-order valence-electron chi connectivity index (χ1n) is 33.3. The van der Waals surface area contributed by atoms with Gasteiger partial charge < -0.3 is 45.1 Å². The van der Waals surface area contributed by atoms with Crippen molar-refractivity contribution >= 4 is 11.9 Å². The fourth-order valence-corrected chi connectivity index (χ4v) is 9.60. The molecule has 1 amide bonds. The highest BCUT2D eigenvalue weighted by Gasteiger charge is 2.47. The van der Waals surface area contributed by atoms with Gasteiger partial charge in [-0.05, 0) is 116 Å². The molecule has 11 heteroatoms. The van der Waals surface area contributed by atoms with Crippen molar-refractivity contribution in [2.45, 2.75) is 307 Å². The molecule has 8 atom stereocenters. The van der Waals surface area contributed by atoms with Gasteiger partial charge in [0.05, 0.1) is 25.4 Å². The highest BCUT2D eigenvalue weighted by Crippen LogP contribution is 2.26. The molecule has 6 N–H and O–H groups in total. The zero-order valence-corrected chi connectivity index (χ0v) is 52.5. The van der Waals surface area contributed by atoms with Crippen LogP contribution in [-0.4, -0.2) is 99.6 Å². The Morgan fingerprint density at radius 3 is 1.33 bits per heavy atom. The summed E-state index contributed by atoms with van der Waals surface area (Å²) >= 11 is 0. The lowest BCUT2D eigenvalue weighted by molar-refractivity contribution is -0.305. The Morgan fingerprint density at radius 1 is 0.482 bits per heavy atom. The monoisotopic (exact) mass is 1160 g/mol. The Hall–Kier alpha value is -3.94. The maximum Gasteiger partial charge on any atom is 0.306 e. The summed E-state index contributed by atoms with van der Waals surface area (Å²) in [7, 11) is 0. The van der Waals surface area contributed by atoms with Crippen molar-refractivity contribution in [1.82, 2.24) is 5.32 Å². The molecule has 0 spiro atoms. The molecule has 1 saturated heterocycles. The van der Waals surface area contributed by atoms with Crippen LogP contribution in [0.5, 0.6) is 0 Å². The minimum Gasteiger partial charge on any atom is -0.454 e. The second-order valence-electron chi connectivity index (χ2n) is 22.5. The minimum absolute atomic E-state index is 0.0934. The Balaban J connectivity index is 2.69. The summed E-state index contributed by atoms with van der Waals surface area (Å²) in [5, 5.41) is 57.1. The summed E-state index contributed by atoms with van der Waals surface area (Å²) in [4.78, 5) is 26.6. The predicted octanol–water partition coefficient (Wildman–Crippen LogP) is 16.6. The highest BCUT2D eigenvalue weighted by molar-refractivity contribution is 5.80. The second kappa shape index (κ2) is 58.4. The van der Waals surface area contributed by atoms with E-state index in [1.54, 1.807) is 6.08 Å². The number of esters is 1. The minimum atomic E-state index is -1.63. The number of aliphatic hydroxyl groups is 5. The standard InChI is InChI=1S/C72H121NO10/c1-4-7-10-13-16-19-22-25-27-29-31-33-35-37-39-42-45-48-51-54-57-60-67(77)83-70-69(79)68(78)66(61-74)82-72(70)81-62-63(64(75)58-55-52-49-46-43-40-24-21-18-15-12-9-6-3)73-71(80)65(76)59-56-53-50-47-44-41-38-36-34-32-30-28-26-23-20-17-14-11-8-5-2/h8,11,16-17,19-20,25-28,31-34,37-39,41,55,58,63-66,68-70,72,74-76,78-79H,4-7,9-10,12-15,18,21-24,29-30,35-36,40,42-54,56-57,59-62H2,1-3H3,(H,73,80)/b11-8-,19-16-,20-17-,27-25-,28-26-,33-31-,34-32-,39-37-,41-38-,58-55+. The van der Waals surface area contributed by atoms with Crippen LogP contribution >= 0.6 is 0 Å². The lowest BCUT2D eigenvalue weighted by Crippen LogP contribution is -2.61. The van der Waals surface area contributed by atoms with Crippen LogP contribution in [0.2, 0.25) is 0 Å². The third-order valence-electron chi connectivity index (χ3n) is 14.8. The average Bonchev–Trinajstić information content (AvgIpc) is 3.54. The highest BCUT2D eigenvalue weighted by atomic mass is 16.7. The van der Waals surface area contributed by atoms with Crippen molar-refractivity contribution in [3.8, 4) is 0 Å². The molecule has 1 heterocycles. The van der Waals surface area contributed by atoms with Gasteiger partial charge in [-0.1, -0.05) is 258 Å². The van der Waals surface area contributed by atoms with E-state index in [2.05, 4.69) is 135 Å². The molecule has 0 saturated carbocycles. The third-order valence-corrected chi connectivity index (χ3v) is 14.8. The lowest BCUT2D eigenvalue weighted by atomic mass is 9.99. The number of hydrogen-bond donors (Lipinski definition) is 6. The van der Waals surface area contributed by atoms with Gasteiger partial charge in [-0.15, -0.1) is 0 Å². The van der Waals surface area contributed by atoms with Crippen LogP contribution in [0.3, 0.4) is 0 Å². The molecular weight excluding hydrogens is 1040 g/mol. The van der Waals surface area contributed by atoms with Crippen LogP contribution in [-0.2, 0) is 23.8 Å². The summed E-state index contributed by atoms with van der Waals surface area (Å²) in [6.45, 7) is 5.63. The number of nitrogens with one attached hydrogen (secondary N) is 1. The number of amides is 1. The van der Waals surface area contributed by atoms with Gasteiger partial charge >= 0.3 is 5.97 Å². The van der Waals surface area contributed by atoms with Crippen LogP contribution in [0, 0.1) is 0 Å². The SMILES string of the molecule is CC/C=C\C/C=C\C/C=C\C/C=C\C/C=C\CCCCCCC(O)C(=O)NC(COC1OC(CO)C(O)C(O)C1OC(=O)CCCCCCC/C=C\C/C=C\C/C=C\C/C=C\CCCCC)C(O)/C=C/CCCCCCCCCCCCC. The van der Waals surface area contributed by atoms with Crippen LogP contribution in [0.25, 0.3) is 0 Å². The van der Waals surface area contributed by atoms with Crippen molar-refractivity contribution < 1.29 is 49.3 Å². The topological polar surface area (TPSA) is 175 Å². The number of ether oxygens (including phenoxy) is 3. The zero-order chi connectivity index (χ0) is 60.3. The smallest absolute Gasteiger partial charge is 0.306 e. The molecular formula is C72H121NO10. The number of carbonyl (C=O) groups is 2. The van der Waals surface area contributed by atoms with Crippen molar-refractivity contribution in [1.29, 1.82) is 0 Å². The van der Waals surface area contributed by atoms with Gasteiger partial charge in [0, 0.05) is 6.42 Å². The van der Waals surface area contributed by atoms with Gasteiger partial charge in [-0.3, -0.25) is 9.59 Å².